The van der Waals surface area contributed by atoms with Crippen LogP contribution in [0.15, 0.2) is 182 Å². The van der Waals surface area contributed by atoms with E-state index in [0.717, 1.165) is 0 Å². The van der Waals surface area contributed by atoms with Crippen LogP contribution in [0.25, 0.3) is 98.7 Å². The highest BCUT2D eigenvalue weighted by Gasteiger charge is 2.36. The maximum absolute atomic E-state index is 2.45. The van der Waals surface area contributed by atoms with Crippen LogP contribution < -0.4 is 0 Å². The zero-order valence-electron chi connectivity index (χ0n) is 29.8. The van der Waals surface area contributed by atoms with E-state index in [2.05, 4.69) is 196 Å². The van der Waals surface area contributed by atoms with Crippen LogP contribution in [0.4, 0.5) is 0 Å². The summed E-state index contributed by atoms with van der Waals surface area (Å²) in [5, 5.41) is 10.5. The normalized spacial score (nSPS) is 13.2. The minimum Gasteiger partial charge on any atom is -0.0622 e. The highest BCUT2D eigenvalue weighted by atomic mass is 14.4. The number of hydrogen-bond donors (Lipinski definition) is 0. The van der Waals surface area contributed by atoms with E-state index in [9.17, 15) is 0 Å². The minimum atomic E-state index is -0.0883. The summed E-state index contributed by atoms with van der Waals surface area (Å²) in [5.41, 5.74) is 15.5. The first-order chi connectivity index (χ1) is 26.0. The van der Waals surface area contributed by atoms with Gasteiger partial charge in [-0.1, -0.05) is 184 Å². The molecule has 0 fully saturated rings. The lowest BCUT2D eigenvalue weighted by atomic mass is 9.81. The number of rotatable bonds is 4. The second-order valence-corrected chi connectivity index (χ2v) is 15.2. The van der Waals surface area contributed by atoms with Gasteiger partial charge >= 0.3 is 0 Å². The Balaban J connectivity index is 1.10. The van der Waals surface area contributed by atoms with Crippen molar-refractivity contribution in [2.75, 3.05) is 0 Å². The molecule has 0 saturated heterocycles. The van der Waals surface area contributed by atoms with Crippen LogP contribution in [0.5, 0.6) is 0 Å². The molecule has 11 rings (SSSR count). The summed E-state index contributed by atoms with van der Waals surface area (Å²) in [5.74, 6) is 0. The van der Waals surface area contributed by atoms with Gasteiger partial charge in [0, 0.05) is 5.41 Å². The van der Waals surface area contributed by atoms with Crippen molar-refractivity contribution in [2.45, 2.75) is 19.3 Å². The molecule has 0 aromatic heterocycles. The molecule has 0 atom stereocenters. The van der Waals surface area contributed by atoms with Crippen molar-refractivity contribution < 1.29 is 0 Å². The van der Waals surface area contributed by atoms with Gasteiger partial charge in [-0.3, -0.25) is 0 Å². The predicted octanol–water partition coefficient (Wildman–Crippen LogP) is 14.7. The third-order valence-corrected chi connectivity index (χ3v) is 12.0. The van der Waals surface area contributed by atoms with E-state index in [1.807, 2.05) is 0 Å². The highest BCUT2D eigenvalue weighted by Crippen LogP contribution is 2.52. The number of hydrogen-bond acceptors (Lipinski definition) is 0. The van der Waals surface area contributed by atoms with Gasteiger partial charge in [-0.15, -0.1) is 0 Å². The Hall–Kier alpha value is -6.50. The van der Waals surface area contributed by atoms with Crippen molar-refractivity contribution in [3.63, 3.8) is 0 Å². The monoisotopic (exact) mass is 672 g/mol. The van der Waals surface area contributed by atoms with E-state index in [1.54, 1.807) is 0 Å². The van der Waals surface area contributed by atoms with Crippen LogP contribution in [-0.4, -0.2) is 0 Å². The molecule has 0 aliphatic heterocycles. The summed E-state index contributed by atoms with van der Waals surface area (Å²) < 4.78 is 0. The summed E-state index contributed by atoms with van der Waals surface area (Å²) in [6, 6.07) is 67.9. The molecule has 0 heteroatoms. The van der Waals surface area contributed by atoms with Crippen LogP contribution in [-0.2, 0) is 5.41 Å². The molecule has 0 amide bonds. The quantitative estimate of drug-likeness (QED) is 0.163. The molecule has 0 N–H and O–H groups in total. The van der Waals surface area contributed by atoms with Crippen molar-refractivity contribution >= 4 is 43.1 Å². The van der Waals surface area contributed by atoms with Gasteiger partial charge in [0.25, 0.3) is 0 Å². The van der Waals surface area contributed by atoms with Crippen LogP contribution in [0.2, 0.25) is 0 Å². The van der Waals surface area contributed by atoms with E-state index in [4.69, 9.17) is 0 Å². The Labute approximate surface area is 310 Å². The Kier molecular flexibility index (Phi) is 6.40. The van der Waals surface area contributed by atoms with Gasteiger partial charge < -0.3 is 0 Å². The van der Waals surface area contributed by atoms with Crippen LogP contribution >= 0.6 is 0 Å². The zero-order valence-corrected chi connectivity index (χ0v) is 29.8. The lowest BCUT2D eigenvalue weighted by molar-refractivity contribution is 0.661. The smallest absolute Gasteiger partial charge is 0.0159 e. The molecule has 0 heterocycles. The molecular weight excluding hydrogens is 637 g/mol. The maximum Gasteiger partial charge on any atom is 0.0159 e. The summed E-state index contributed by atoms with van der Waals surface area (Å²) in [7, 11) is 0. The fourth-order valence-electron chi connectivity index (χ4n) is 9.41. The largest absolute Gasteiger partial charge is 0.0622 e. The molecule has 0 unspecified atom stereocenters. The van der Waals surface area contributed by atoms with E-state index in [-0.39, 0.29) is 5.41 Å². The highest BCUT2D eigenvalue weighted by molar-refractivity contribution is 6.28. The summed E-state index contributed by atoms with van der Waals surface area (Å²) in [6.45, 7) is 4.76. The zero-order chi connectivity index (χ0) is 35.3. The molecule has 0 bridgehead atoms. The first-order valence-electron chi connectivity index (χ1n) is 18.7. The molecule has 1 aliphatic carbocycles. The second-order valence-electron chi connectivity index (χ2n) is 15.2. The van der Waals surface area contributed by atoms with E-state index in [1.165, 1.54) is 110 Å². The van der Waals surface area contributed by atoms with Crippen molar-refractivity contribution in [3.8, 4) is 55.6 Å². The predicted molar refractivity (Wildman–Crippen MR) is 227 cm³/mol. The average Bonchev–Trinajstić information content (AvgIpc) is 3.45. The average molecular weight is 673 g/mol. The van der Waals surface area contributed by atoms with Gasteiger partial charge in [0.15, 0.2) is 0 Å². The SMILES string of the molecule is CC1(C)c2cc(-c3ccc(-c4ccc5ccc6c(-c7ccccc7)ccc7ccc4c5c76)c(-c4ccccc4)c3)ccc2-c2c1ccc1ccccc21. The molecule has 10 aromatic rings. The third kappa shape index (κ3) is 4.42. The van der Waals surface area contributed by atoms with E-state index in [0.29, 0.717) is 0 Å². The van der Waals surface area contributed by atoms with Gasteiger partial charge in [0.05, 0.1) is 0 Å². The van der Waals surface area contributed by atoms with Crippen molar-refractivity contribution in [1.82, 2.24) is 0 Å². The Bertz CT molecular complexity index is 3060. The van der Waals surface area contributed by atoms with Crippen LogP contribution in [0.3, 0.4) is 0 Å². The van der Waals surface area contributed by atoms with Gasteiger partial charge in [-0.25, -0.2) is 0 Å². The van der Waals surface area contributed by atoms with Crippen LogP contribution in [0, 0.1) is 0 Å². The first kappa shape index (κ1) is 30.2. The summed E-state index contributed by atoms with van der Waals surface area (Å²) >= 11 is 0. The second kappa shape index (κ2) is 11.2. The molecule has 0 nitrogen and oxygen atoms in total. The summed E-state index contributed by atoms with van der Waals surface area (Å²) in [6.07, 6.45) is 0. The van der Waals surface area contributed by atoms with Gasteiger partial charge in [0.2, 0.25) is 0 Å². The molecule has 10 aromatic carbocycles. The Morgan fingerprint density at radius 1 is 0.302 bits per heavy atom. The molecule has 1 aliphatic rings. The third-order valence-electron chi connectivity index (χ3n) is 12.0. The summed E-state index contributed by atoms with van der Waals surface area (Å²) in [4.78, 5) is 0. The van der Waals surface area contributed by atoms with Gasteiger partial charge in [-0.05, 0) is 122 Å². The molecule has 0 spiro atoms. The number of fused-ring (bicyclic) bond motifs is 5. The topological polar surface area (TPSA) is 0 Å². The first-order valence-corrected chi connectivity index (χ1v) is 18.7. The van der Waals surface area contributed by atoms with Gasteiger partial charge in [-0.2, -0.15) is 0 Å². The standard InChI is InChI=1S/C53H36/c1-53(2)48-30-23-35-15-9-10-16-41(35)52(48)46-29-22-39(32-49(46)53)38-21-26-43(47(31-38)34-13-7-4-8-14-34)42-25-18-37-19-27-44-40(33-11-5-3-6-12-33)24-17-36-20-28-45(42)51(37)50(36)44/h3-32H,1-2H3. The maximum atomic E-state index is 2.45. The van der Waals surface area contributed by atoms with Crippen LogP contribution in [0.1, 0.15) is 25.0 Å². The lowest BCUT2D eigenvalue weighted by Gasteiger charge is -2.22. The van der Waals surface area contributed by atoms with Crippen molar-refractivity contribution in [2.24, 2.45) is 0 Å². The van der Waals surface area contributed by atoms with Gasteiger partial charge in [0.1, 0.15) is 0 Å². The van der Waals surface area contributed by atoms with Crippen molar-refractivity contribution in [1.29, 1.82) is 0 Å². The Morgan fingerprint density at radius 3 is 1.55 bits per heavy atom. The number of benzene rings is 10. The molecule has 0 saturated carbocycles. The molecule has 53 heavy (non-hydrogen) atoms. The minimum absolute atomic E-state index is 0.0883. The fourth-order valence-corrected chi connectivity index (χ4v) is 9.41. The molecule has 0 radical (unpaired) electrons. The fraction of sp³-hybridized carbons (Fsp3) is 0.0566. The van der Waals surface area contributed by atoms with Crippen molar-refractivity contribution in [3.05, 3.63) is 193 Å². The molecular formula is C53H36. The van der Waals surface area contributed by atoms with E-state index >= 15 is 0 Å². The lowest BCUT2D eigenvalue weighted by Crippen LogP contribution is -2.15. The Morgan fingerprint density at radius 2 is 0.830 bits per heavy atom. The molecule has 248 valence electrons. The van der Waals surface area contributed by atoms with E-state index < -0.39 is 0 Å².